The lowest BCUT2D eigenvalue weighted by molar-refractivity contribution is -0.123. The van der Waals surface area contributed by atoms with Gasteiger partial charge in [0.2, 0.25) is 11.9 Å². The number of rotatable bonds is 13. The first-order valence-corrected chi connectivity index (χ1v) is 10.6. The van der Waals surface area contributed by atoms with Gasteiger partial charge < -0.3 is 21.3 Å². The van der Waals surface area contributed by atoms with Crippen LogP contribution < -0.4 is 21.3 Å². The zero-order valence-electron chi connectivity index (χ0n) is 18.1. The molecular weight excluding hydrogens is 383 g/mol. The molecule has 0 fully saturated rings. The molecule has 0 spiro atoms. The smallest absolute Gasteiger partial charge is 0.237 e. The number of amides is 1. The van der Waals surface area contributed by atoms with Gasteiger partial charge in [0.1, 0.15) is 11.6 Å². The van der Waals surface area contributed by atoms with Gasteiger partial charge in [-0.05, 0) is 50.9 Å². The van der Waals surface area contributed by atoms with Crippen molar-refractivity contribution in [3.63, 3.8) is 0 Å². The Hall–Kier alpha value is -2.74. The highest BCUT2D eigenvalue weighted by Gasteiger charge is 2.14. The molecule has 0 aliphatic heterocycles. The van der Waals surface area contributed by atoms with E-state index in [1.165, 1.54) is 12.1 Å². The molecule has 4 N–H and O–H groups in total. The Balaban J connectivity index is 1.96. The molecule has 1 heterocycles. The maximum absolute atomic E-state index is 13.4. The van der Waals surface area contributed by atoms with Crippen LogP contribution in [-0.2, 0) is 11.2 Å². The van der Waals surface area contributed by atoms with Crippen LogP contribution in [0, 0.1) is 5.82 Å². The highest BCUT2D eigenvalue weighted by Crippen LogP contribution is 2.19. The Morgan fingerprint density at radius 1 is 1.20 bits per heavy atom. The summed E-state index contributed by atoms with van der Waals surface area (Å²) in [5.41, 5.74) is 1.58. The molecule has 164 valence electrons. The van der Waals surface area contributed by atoms with E-state index >= 15 is 0 Å². The van der Waals surface area contributed by atoms with Crippen molar-refractivity contribution < 1.29 is 9.18 Å². The van der Waals surface area contributed by atoms with Crippen LogP contribution in [-0.4, -0.2) is 42.1 Å². The number of hydrogen-bond acceptors (Lipinski definition) is 6. The Morgan fingerprint density at radius 3 is 2.73 bits per heavy atom. The van der Waals surface area contributed by atoms with Gasteiger partial charge >= 0.3 is 0 Å². The minimum atomic E-state index is -0.317. The average molecular weight is 417 g/mol. The van der Waals surface area contributed by atoms with E-state index in [9.17, 15) is 9.18 Å². The van der Waals surface area contributed by atoms with Crippen LogP contribution in [0.5, 0.6) is 0 Å². The molecule has 7 nitrogen and oxygen atoms in total. The molecule has 2 rings (SSSR count). The van der Waals surface area contributed by atoms with Gasteiger partial charge in [-0.1, -0.05) is 26.3 Å². The number of nitrogens with one attached hydrogen (secondary N) is 4. The van der Waals surface area contributed by atoms with Crippen molar-refractivity contribution in [2.75, 3.05) is 30.8 Å². The van der Waals surface area contributed by atoms with Gasteiger partial charge in [-0.3, -0.25) is 4.79 Å². The molecule has 0 unspecified atom stereocenters. The van der Waals surface area contributed by atoms with E-state index in [0.29, 0.717) is 18.2 Å². The van der Waals surface area contributed by atoms with Crippen molar-refractivity contribution in [2.24, 2.45) is 0 Å². The summed E-state index contributed by atoms with van der Waals surface area (Å²) in [5, 5.41) is 12.4. The van der Waals surface area contributed by atoms with Gasteiger partial charge in [-0.25, -0.2) is 9.37 Å². The number of carbonyl (C=O) groups is 1. The van der Waals surface area contributed by atoms with E-state index in [1.807, 2.05) is 7.05 Å². The lowest BCUT2D eigenvalue weighted by Crippen LogP contribution is -2.42. The molecule has 0 saturated carbocycles. The fourth-order valence-corrected chi connectivity index (χ4v) is 3.05. The lowest BCUT2D eigenvalue weighted by Gasteiger charge is -2.15. The molecule has 0 aliphatic rings. The van der Waals surface area contributed by atoms with Crippen molar-refractivity contribution >= 4 is 23.4 Å². The molecule has 1 aromatic heterocycles. The van der Waals surface area contributed by atoms with E-state index in [1.54, 1.807) is 18.3 Å². The van der Waals surface area contributed by atoms with E-state index < -0.39 is 0 Å². The topological polar surface area (TPSA) is 91.0 Å². The SMILES string of the molecule is CCCNc1nc(Nc2cccc(F)c2)ncc1CCCNC(=O)[C@H](CCC)NC. The summed E-state index contributed by atoms with van der Waals surface area (Å²) in [6, 6.07) is 6.04. The summed E-state index contributed by atoms with van der Waals surface area (Å²) in [6.07, 6.45) is 6.05. The molecule has 0 radical (unpaired) electrons. The first-order valence-electron chi connectivity index (χ1n) is 10.6. The molecule has 1 aromatic carbocycles. The minimum Gasteiger partial charge on any atom is -0.370 e. The van der Waals surface area contributed by atoms with Crippen LogP contribution in [0.2, 0.25) is 0 Å². The van der Waals surface area contributed by atoms with Crippen LogP contribution in [0.3, 0.4) is 0 Å². The highest BCUT2D eigenvalue weighted by atomic mass is 19.1. The number of aromatic nitrogens is 2. The number of benzene rings is 1. The Bertz CT molecular complexity index is 801. The minimum absolute atomic E-state index is 0.0366. The van der Waals surface area contributed by atoms with Crippen molar-refractivity contribution in [3.05, 3.63) is 41.8 Å². The first-order chi connectivity index (χ1) is 14.6. The number of likely N-dealkylation sites (N-methyl/N-ethyl adjacent to an activating group) is 1. The lowest BCUT2D eigenvalue weighted by atomic mass is 10.1. The summed E-state index contributed by atoms with van der Waals surface area (Å²) in [6.45, 7) is 5.54. The third kappa shape index (κ3) is 7.59. The molecule has 1 amide bonds. The maximum Gasteiger partial charge on any atom is 0.237 e. The second-order valence-corrected chi connectivity index (χ2v) is 7.15. The Kier molecular flexibility index (Phi) is 10.00. The molecular formula is C22H33FN6O. The Morgan fingerprint density at radius 2 is 2.03 bits per heavy atom. The molecule has 0 bridgehead atoms. The second kappa shape index (κ2) is 12.7. The van der Waals surface area contributed by atoms with E-state index in [0.717, 1.165) is 50.0 Å². The molecule has 8 heteroatoms. The van der Waals surface area contributed by atoms with Gasteiger partial charge in [-0.2, -0.15) is 4.98 Å². The van der Waals surface area contributed by atoms with Crippen molar-refractivity contribution in [1.82, 2.24) is 20.6 Å². The molecule has 0 aliphatic carbocycles. The highest BCUT2D eigenvalue weighted by molar-refractivity contribution is 5.81. The van der Waals surface area contributed by atoms with E-state index in [-0.39, 0.29) is 17.8 Å². The summed E-state index contributed by atoms with van der Waals surface area (Å²) in [5.74, 6) is 0.890. The largest absolute Gasteiger partial charge is 0.370 e. The van der Waals surface area contributed by atoms with Crippen LogP contribution in [0.4, 0.5) is 21.8 Å². The van der Waals surface area contributed by atoms with Gasteiger partial charge in [0.05, 0.1) is 6.04 Å². The molecule has 2 aromatic rings. The summed E-state index contributed by atoms with van der Waals surface area (Å²) < 4.78 is 13.4. The third-order valence-corrected chi connectivity index (χ3v) is 4.65. The van der Waals surface area contributed by atoms with Gasteiger partial charge in [0.15, 0.2) is 0 Å². The third-order valence-electron chi connectivity index (χ3n) is 4.65. The Labute approximate surface area is 178 Å². The second-order valence-electron chi connectivity index (χ2n) is 7.15. The van der Waals surface area contributed by atoms with Crippen LogP contribution in [0.15, 0.2) is 30.5 Å². The zero-order chi connectivity index (χ0) is 21.8. The van der Waals surface area contributed by atoms with Crippen LogP contribution in [0.1, 0.15) is 45.1 Å². The molecule has 1 atom stereocenters. The van der Waals surface area contributed by atoms with Crippen LogP contribution >= 0.6 is 0 Å². The standard InChI is InChI=1S/C22H33FN6O/c1-4-8-19(24-3)21(30)26-13-7-9-16-15-27-22(29-20(16)25-12-5-2)28-18-11-6-10-17(23)14-18/h6,10-11,14-15,19,24H,4-5,7-9,12-13H2,1-3H3,(H,26,30)(H2,25,27,28,29)/t19-/m0/s1. The maximum atomic E-state index is 13.4. The number of hydrogen-bond donors (Lipinski definition) is 4. The average Bonchev–Trinajstić information content (AvgIpc) is 2.74. The zero-order valence-corrected chi connectivity index (χ0v) is 18.1. The number of halogens is 1. The quantitative estimate of drug-likeness (QED) is 0.373. The van der Waals surface area contributed by atoms with Crippen molar-refractivity contribution in [2.45, 2.75) is 52.0 Å². The van der Waals surface area contributed by atoms with E-state index in [4.69, 9.17) is 0 Å². The predicted molar refractivity (Wildman–Crippen MR) is 120 cm³/mol. The number of anilines is 3. The summed E-state index contributed by atoms with van der Waals surface area (Å²) in [7, 11) is 1.81. The predicted octanol–water partition coefficient (Wildman–Crippen LogP) is 3.62. The van der Waals surface area contributed by atoms with Gasteiger partial charge in [0, 0.05) is 30.5 Å². The number of aryl methyl sites for hydroxylation is 1. The normalized spacial score (nSPS) is 11.7. The number of nitrogens with zero attached hydrogens (tertiary/aromatic N) is 2. The van der Waals surface area contributed by atoms with Gasteiger partial charge in [0.25, 0.3) is 0 Å². The fourth-order valence-electron chi connectivity index (χ4n) is 3.05. The fraction of sp³-hybridized carbons (Fsp3) is 0.500. The molecule has 0 saturated heterocycles. The van der Waals surface area contributed by atoms with Crippen molar-refractivity contribution in [3.8, 4) is 0 Å². The van der Waals surface area contributed by atoms with Crippen LogP contribution in [0.25, 0.3) is 0 Å². The first kappa shape index (κ1) is 23.5. The monoisotopic (exact) mass is 416 g/mol. The van der Waals surface area contributed by atoms with E-state index in [2.05, 4.69) is 45.1 Å². The number of carbonyl (C=O) groups excluding carboxylic acids is 1. The van der Waals surface area contributed by atoms with Crippen molar-refractivity contribution in [1.29, 1.82) is 0 Å². The summed E-state index contributed by atoms with van der Waals surface area (Å²) >= 11 is 0. The summed E-state index contributed by atoms with van der Waals surface area (Å²) in [4.78, 5) is 21.1. The molecule has 30 heavy (non-hydrogen) atoms. The van der Waals surface area contributed by atoms with Gasteiger partial charge in [-0.15, -0.1) is 0 Å².